The van der Waals surface area contributed by atoms with Gasteiger partial charge < -0.3 is 9.84 Å². The number of aliphatic hydroxyl groups excluding tert-OH is 1. The third-order valence-corrected chi connectivity index (χ3v) is 3.87. The van der Waals surface area contributed by atoms with Gasteiger partial charge in [0.25, 0.3) is 11.7 Å². The summed E-state index contributed by atoms with van der Waals surface area (Å²) in [6, 6.07) is 3.17. The van der Waals surface area contributed by atoms with E-state index in [9.17, 15) is 28.3 Å². The normalized spacial score (nSPS) is 24.7. The van der Waals surface area contributed by atoms with Crippen LogP contribution in [0.3, 0.4) is 0 Å². The van der Waals surface area contributed by atoms with Crippen molar-refractivity contribution in [3.63, 3.8) is 0 Å². The molecule has 3 rings (SSSR count). The number of rotatable bonds is 2. The number of amides is 2. The summed E-state index contributed by atoms with van der Waals surface area (Å²) in [5.41, 5.74) is -2.52. The van der Waals surface area contributed by atoms with Crippen LogP contribution < -0.4 is 0 Å². The first-order chi connectivity index (χ1) is 10.8. The van der Waals surface area contributed by atoms with Gasteiger partial charge in [-0.25, -0.2) is 13.7 Å². The van der Waals surface area contributed by atoms with E-state index in [0.717, 1.165) is 19.1 Å². The van der Waals surface area contributed by atoms with Crippen LogP contribution in [-0.4, -0.2) is 27.6 Å². The number of ketones is 1. The van der Waals surface area contributed by atoms with Gasteiger partial charge in [0.2, 0.25) is 23.2 Å². The number of carbonyl (C=O) groups is 3. The van der Waals surface area contributed by atoms with Gasteiger partial charge in [-0.1, -0.05) is 12.1 Å². The van der Waals surface area contributed by atoms with Crippen LogP contribution in [0.5, 0.6) is 0 Å². The maximum atomic E-state index is 14.0. The maximum absolute atomic E-state index is 14.0. The number of likely N-dealkylation sites (tertiary alicyclic amines) is 1. The Morgan fingerprint density at radius 3 is 2.39 bits per heavy atom. The molecule has 2 heterocycles. The first-order valence-corrected chi connectivity index (χ1v) is 6.74. The quantitative estimate of drug-likeness (QED) is 0.837. The van der Waals surface area contributed by atoms with E-state index >= 15 is 0 Å². The van der Waals surface area contributed by atoms with Crippen LogP contribution in [0, 0.1) is 11.6 Å². The Bertz CT molecular complexity index is 772. The second-order valence-corrected chi connectivity index (χ2v) is 5.34. The predicted molar refractivity (Wildman–Crippen MR) is 70.5 cm³/mol. The predicted octanol–water partition coefficient (Wildman–Crippen LogP) is 1.66. The lowest BCUT2D eigenvalue weighted by molar-refractivity contribution is -0.144. The molecule has 1 atom stereocenters. The van der Waals surface area contributed by atoms with E-state index in [0.29, 0.717) is 4.90 Å². The molecule has 0 bridgehead atoms. The van der Waals surface area contributed by atoms with Gasteiger partial charge in [0.15, 0.2) is 11.6 Å². The number of aliphatic hydroxyl groups is 1. The van der Waals surface area contributed by atoms with Crippen molar-refractivity contribution in [1.29, 1.82) is 0 Å². The standard InChI is InChI=1S/C15H11F2NO5/c1-15(7-3-2-4-8(16)11(7)17)13(22)12(21)14(23-15)18-9(19)5-6-10(18)20/h2-4,21H,5-6H2,1H3. The van der Waals surface area contributed by atoms with Crippen LogP contribution in [0.2, 0.25) is 0 Å². The summed E-state index contributed by atoms with van der Waals surface area (Å²) < 4.78 is 32.7. The molecule has 0 radical (unpaired) electrons. The number of halogens is 2. The lowest BCUT2D eigenvalue weighted by atomic mass is 9.91. The summed E-state index contributed by atoms with van der Waals surface area (Å²) in [4.78, 5) is 36.3. The third kappa shape index (κ3) is 2.01. The largest absolute Gasteiger partial charge is 0.501 e. The monoisotopic (exact) mass is 323 g/mol. The Morgan fingerprint density at radius 1 is 1.17 bits per heavy atom. The van der Waals surface area contributed by atoms with Crippen LogP contribution in [0.1, 0.15) is 25.3 Å². The summed E-state index contributed by atoms with van der Waals surface area (Å²) in [6.45, 7) is 1.13. The molecular weight excluding hydrogens is 312 g/mol. The fraction of sp³-hybridized carbons (Fsp3) is 0.267. The Morgan fingerprint density at radius 2 is 1.78 bits per heavy atom. The van der Waals surface area contributed by atoms with Crippen molar-refractivity contribution in [3.8, 4) is 0 Å². The van der Waals surface area contributed by atoms with E-state index in [-0.39, 0.29) is 12.8 Å². The van der Waals surface area contributed by atoms with Gasteiger partial charge in [0.05, 0.1) is 0 Å². The van der Waals surface area contributed by atoms with Crippen LogP contribution in [-0.2, 0) is 24.7 Å². The van der Waals surface area contributed by atoms with E-state index in [1.807, 2.05) is 0 Å². The van der Waals surface area contributed by atoms with E-state index in [4.69, 9.17) is 4.74 Å². The molecule has 6 nitrogen and oxygen atoms in total. The smallest absolute Gasteiger partial charge is 0.252 e. The molecule has 1 saturated heterocycles. The van der Waals surface area contributed by atoms with Crippen LogP contribution >= 0.6 is 0 Å². The average molecular weight is 323 g/mol. The van der Waals surface area contributed by atoms with Gasteiger partial charge >= 0.3 is 0 Å². The zero-order chi connectivity index (χ0) is 16.9. The third-order valence-electron chi connectivity index (χ3n) is 3.87. The van der Waals surface area contributed by atoms with Crippen LogP contribution in [0.25, 0.3) is 0 Å². The molecule has 0 aromatic heterocycles. The number of nitrogens with zero attached hydrogens (tertiary/aromatic N) is 1. The van der Waals surface area contributed by atoms with E-state index in [1.54, 1.807) is 0 Å². The number of carbonyl (C=O) groups excluding carboxylic acids is 3. The summed E-state index contributed by atoms with van der Waals surface area (Å²) >= 11 is 0. The highest BCUT2D eigenvalue weighted by Crippen LogP contribution is 2.41. The van der Waals surface area contributed by atoms with Crippen molar-refractivity contribution in [2.45, 2.75) is 25.4 Å². The minimum absolute atomic E-state index is 0.0851. The number of hydrogen-bond acceptors (Lipinski definition) is 5. The Kier molecular flexibility index (Phi) is 3.20. The molecule has 1 N–H and O–H groups in total. The molecule has 23 heavy (non-hydrogen) atoms. The molecule has 120 valence electrons. The fourth-order valence-corrected chi connectivity index (χ4v) is 2.62. The van der Waals surface area contributed by atoms with Gasteiger partial charge in [0.1, 0.15) is 0 Å². The zero-order valence-corrected chi connectivity index (χ0v) is 11.9. The molecular formula is C15H11F2NO5. The van der Waals surface area contributed by atoms with Crippen LogP contribution in [0.15, 0.2) is 29.8 Å². The van der Waals surface area contributed by atoms with Gasteiger partial charge in [-0.3, -0.25) is 14.4 Å². The number of imide groups is 1. The first-order valence-electron chi connectivity index (χ1n) is 6.74. The molecule has 0 saturated carbocycles. The summed E-state index contributed by atoms with van der Waals surface area (Å²) in [6.07, 6.45) is -0.170. The molecule has 8 heteroatoms. The zero-order valence-electron chi connectivity index (χ0n) is 11.9. The number of ether oxygens (including phenoxy) is 1. The van der Waals surface area contributed by atoms with Crippen molar-refractivity contribution in [2.24, 2.45) is 0 Å². The number of Topliss-reactive ketones (excluding diaryl/α,β-unsaturated/α-hetero) is 1. The Balaban J connectivity index is 2.06. The minimum atomic E-state index is -2.07. The van der Waals surface area contributed by atoms with Gasteiger partial charge in [-0.05, 0) is 13.0 Å². The SMILES string of the molecule is CC1(c2cccc(F)c2F)OC(N2C(=O)CCC2=O)=C(O)C1=O. The molecule has 1 unspecified atom stereocenters. The Labute approximate surface area is 128 Å². The van der Waals surface area contributed by atoms with Gasteiger partial charge in [0, 0.05) is 18.4 Å². The molecule has 1 aromatic carbocycles. The molecule has 1 fully saturated rings. The highest BCUT2D eigenvalue weighted by atomic mass is 19.2. The van der Waals surface area contributed by atoms with Crippen molar-refractivity contribution in [1.82, 2.24) is 4.90 Å². The van der Waals surface area contributed by atoms with E-state index < -0.39 is 52.0 Å². The van der Waals surface area contributed by atoms with Crippen molar-refractivity contribution >= 4 is 17.6 Å². The van der Waals surface area contributed by atoms with E-state index in [1.165, 1.54) is 6.07 Å². The van der Waals surface area contributed by atoms with Crippen LogP contribution in [0.4, 0.5) is 8.78 Å². The maximum Gasteiger partial charge on any atom is 0.252 e. The molecule has 1 aromatic rings. The number of benzene rings is 1. The molecule has 0 aliphatic carbocycles. The summed E-state index contributed by atoms with van der Waals surface area (Å²) in [5.74, 6) is -6.47. The second-order valence-electron chi connectivity index (χ2n) is 5.34. The van der Waals surface area contributed by atoms with Crippen molar-refractivity contribution < 1.29 is 33.0 Å². The molecule has 0 spiro atoms. The molecule has 2 aliphatic heterocycles. The lowest BCUT2D eigenvalue weighted by Gasteiger charge is -2.25. The van der Waals surface area contributed by atoms with Gasteiger partial charge in [-0.15, -0.1) is 0 Å². The first kappa shape index (κ1) is 15.1. The topological polar surface area (TPSA) is 83.9 Å². The highest BCUT2D eigenvalue weighted by Gasteiger charge is 2.53. The van der Waals surface area contributed by atoms with Crippen molar-refractivity contribution in [3.05, 3.63) is 47.0 Å². The minimum Gasteiger partial charge on any atom is -0.501 e. The molecule has 2 amide bonds. The second kappa shape index (κ2) is 4.87. The fourth-order valence-electron chi connectivity index (χ4n) is 2.62. The highest BCUT2D eigenvalue weighted by molar-refractivity contribution is 6.08. The average Bonchev–Trinajstić information content (AvgIpc) is 2.95. The van der Waals surface area contributed by atoms with E-state index in [2.05, 4.69) is 0 Å². The lowest BCUT2D eigenvalue weighted by Crippen LogP contribution is -2.34. The number of hydrogen-bond donors (Lipinski definition) is 1. The summed E-state index contributed by atoms with van der Waals surface area (Å²) in [7, 11) is 0. The Hall–Kier alpha value is -2.77. The van der Waals surface area contributed by atoms with Gasteiger partial charge in [-0.2, -0.15) is 0 Å². The molecule has 2 aliphatic rings. The summed E-state index contributed by atoms with van der Waals surface area (Å²) in [5, 5.41) is 9.95. The van der Waals surface area contributed by atoms with Crippen molar-refractivity contribution in [2.75, 3.05) is 0 Å².